The number of nitrogens with zero attached hydrogens (tertiary/aromatic N) is 1. The highest BCUT2D eigenvalue weighted by Crippen LogP contribution is 2.20. The molecule has 21 heavy (non-hydrogen) atoms. The molecule has 0 heterocycles. The fourth-order valence-electron chi connectivity index (χ4n) is 2.02. The molecule has 116 valence electrons. The number of benzene rings is 1. The van der Waals surface area contributed by atoms with E-state index in [0.29, 0.717) is 12.1 Å². The van der Waals surface area contributed by atoms with Crippen molar-refractivity contribution in [1.82, 2.24) is 4.90 Å². The normalized spacial score (nSPS) is 13.5. The average Bonchev–Trinajstić information content (AvgIpc) is 2.44. The SMILES string of the molecule is CCC(C)(OC)C(=O)N(CC(N)=O)Cc1cccc(N)c1. The Hall–Kier alpha value is -2.08. The first kappa shape index (κ1) is 17.0. The largest absolute Gasteiger partial charge is 0.399 e. The molecule has 0 radical (unpaired) electrons. The highest BCUT2D eigenvalue weighted by atomic mass is 16.5. The molecule has 1 aromatic carbocycles. The van der Waals surface area contributed by atoms with E-state index in [9.17, 15) is 9.59 Å². The highest BCUT2D eigenvalue weighted by molar-refractivity contribution is 5.88. The zero-order valence-corrected chi connectivity index (χ0v) is 12.8. The van der Waals surface area contributed by atoms with Crippen LogP contribution in [0.5, 0.6) is 0 Å². The number of rotatable bonds is 7. The van der Waals surface area contributed by atoms with Crippen molar-refractivity contribution in [3.05, 3.63) is 29.8 Å². The first-order valence-electron chi connectivity index (χ1n) is 6.79. The maximum Gasteiger partial charge on any atom is 0.255 e. The Kier molecular flexibility index (Phi) is 5.72. The molecule has 0 bridgehead atoms. The number of carbonyl (C=O) groups excluding carboxylic acids is 2. The van der Waals surface area contributed by atoms with Crippen molar-refractivity contribution in [1.29, 1.82) is 0 Å². The molecular formula is C15H23N3O3. The number of carbonyl (C=O) groups is 2. The molecule has 0 aliphatic rings. The van der Waals surface area contributed by atoms with Crippen molar-refractivity contribution < 1.29 is 14.3 Å². The zero-order valence-electron chi connectivity index (χ0n) is 12.8. The molecule has 0 aliphatic heterocycles. The van der Waals surface area contributed by atoms with Crippen molar-refractivity contribution in [3.63, 3.8) is 0 Å². The number of primary amides is 1. The third-order valence-corrected chi connectivity index (χ3v) is 3.54. The molecule has 1 atom stereocenters. The number of nitrogen functional groups attached to an aromatic ring is 1. The maximum atomic E-state index is 12.6. The molecule has 4 N–H and O–H groups in total. The van der Waals surface area contributed by atoms with Gasteiger partial charge in [0, 0.05) is 19.3 Å². The molecular weight excluding hydrogens is 270 g/mol. The van der Waals surface area contributed by atoms with Gasteiger partial charge in [-0.2, -0.15) is 0 Å². The van der Waals surface area contributed by atoms with Crippen LogP contribution in [0.4, 0.5) is 5.69 Å². The summed E-state index contributed by atoms with van der Waals surface area (Å²) in [6, 6.07) is 7.16. The molecule has 0 aromatic heterocycles. The predicted octanol–water partition coefficient (Wildman–Crippen LogP) is 0.898. The minimum Gasteiger partial charge on any atom is -0.399 e. The van der Waals surface area contributed by atoms with E-state index in [0.717, 1.165) is 5.56 Å². The Morgan fingerprint density at radius 2 is 2.05 bits per heavy atom. The monoisotopic (exact) mass is 293 g/mol. The molecule has 0 saturated heterocycles. The standard InChI is InChI=1S/C15H23N3O3/c1-4-15(2,21-3)14(20)18(10-13(17)19)9-11-6-5-7-12(16)8-11/h5-8H,4,9-10,16H2,1-3H3,(H2,17,19). The second kappa shape index (κ2) is 7.08. The van der Waals surface area contributed by atoms with Gasteiger partial charge >= 0.3 is 0 Å². The second-order valence-electron chi connectivity index (χ2n) is 5.16. The van der Waals surface area contributed by atoms with E-state index in [2.05, 4.69) is 0 Å². The van der Waals surface area contributed by atoms with E-state index in [1.54, 1.807) is 25.1 Å². The van der Waals surface area contributed by atoms with Crippen LogP contribution in [0.3, 0.4) is 0 Å². The molecule has 1 aromatic rings. The molecule has 6 nitrogen and oxygen atoms in total. The average molecular weight is 293 g/mol. The van der Waals surface area contributed by atoms with E-state index in [4.69, 9.17) is 16.2 Å². The van der Waals surface area contributed by atoms with Crippen LogP contribution in [0.2, 0.25) is 0 Å². The lowest BCUT2D eigenvalue weighted by atomic mass is 10.0. The summed E-state index contributed by atoms with van der Waals surface area (Å²) in [7, 11) is 1.48. The van der Waals surface area contributed by atoms with E-state index < -0.39 is 11.5 Å². The van der Waals surface area contributed by atoms with Gasteiger partial charge in [-0.1, -0.05) is 19.1 Å². The summed E-state index contributed by atoms with van der Waals surface area (Å²) < 4.78 is 5.30. The Morgan fingerprint density at radius 3 is 2.52 bits per heavy atom. The van der Waals surface area contributed by atoms with Crippen molar-refractivity contribution in [2.75, 3.05) is 19.4 Å². The Bertz CT molecular complexity index is 513. The zero-order chi connectivity index (χ0) is 16.0. The molecule has 0 fully saturated rings. The molecule has 1 unspecified atom stereocenters. The number of nitrogens with two attached hydrogens (primary N) is 2. The minimum atomic E-state index is -0.976. The molecule has 0 aliphatic carbocycles. The molecule has 0 spiro atoms. The number of methoxy groups -OCH3 is 1. The van der Waals surface area contributed by atoms with Gasteiger partial charge in [-0.05, 0) is 31.0 Å². The number of anilines is 1. The predicted molar refractivity (Wildman–Crippen MR) is 81.2 cm³/mol. The van der Waals surface area contributed by atoms with Crippen LogP contribution in [0, 0.1) is 0 Å². The second-order valence-corrected chi connectivity index (χ2v) is 5.16. The molecule has 1 rings (SSSR count). The van der Waals surface area contributed by atoms with E-state index in [1.165, 1.54) is 12.0 Å². The first-order chi connectivity index (χ1) is 9.82. The third kappa shape index (κ3) is 4.46. The Balaban J connectivity index is 3.00. The lowest BCUT2D eigenvalue weighted by Crippen LogP contribution is -2.50. The third-order valence-electron chi connectivity index (χ3n) is 3.54. The summed E-state index contributed by atoms with van der Waals surface area (Å²) in [5.41, 5.74) is 11.4. The van der Waals surface area contributed by atoms with Gasteiger partial charge in [0.15, 0.2) is 0 Å². The molecule has 6 heteroatoms. The molecule has 0 saturated carbocycles. The van der Waals surface area contributed by atoms with Gasteiger partial charge in [0.1, 0.15) is 5.60 Å². The Morgan fingerprint density at radius 1 is 1.38 bits per heavy atom. The van der Waals surface area contributed by atoms with Crippen LogP contribution >= 0.6 is 0 Å². The van der Waals surface area contributed by atoms with Gasteiger partial charge in [-0.25, -0.2) is 0 Å². The summed E-state index contributed by atoms with van der Waals surface area (Å²) in [5, 5.41) is 0. The van der Waals surface area contributed by atoms with Crippen LogP contribution in [0.1, 0.15) is 25.8 Å². The maximum absolute atomic E-state index is 12.6. The van der Waals surface area contributed by atoms with Gasteiger partial charge in [0.05, 0.1) is 6.54 Å². The van der Waals surface area contributed by atoms with Crippen LogP contribution in [-0.2, 0) is 20.9 Å². The van der Waals surface area contributed by atoms with Crippen LogP contribution < -0.4 is 11.5 Å². The van der Waals surface area contributed by atoms with E-state index >= 15 is 0 Å². The van der Waals surface area contributed by atoms with Gasteiger partial charge in [0.2, 0.25) is 5.91 Å². The summed E-state index contributed by atoms with van der Waals surface area (Å²) in [6.45, 7) is 3.64. The summed E-state index contributed by atoms with van der Waals surface area (Å²) in [6.07, 6.45) is 0.495. The van der Waals surface area contributed by atoms with Crippen molar-refractivity contribution in [3.8, 4) is 0 Å². The van der Waals surface area contributed by atoms with E-state index in [1.807, 2.05) is 13.0 Å². The highest BCUT2D eigenvalue weighted by Gasteiger charge is 2.35. The van der Waals surface area contributed by atoms with E-state index in [-0.39, 0.29) is 19.0 Å². The van der Waals surface area contributed by atoms with Gasteiger partial charge in [-0.15, -0.1) is 0 Å². The van der Waals surface area contributed by atoms with Crippen molar-refractivity contribution in [2.45, 2.75) is 32.4 Å². The number of hydrogen-bond acceptors (Lipinski definition) is 4. The number of ether oxygens (including phenoxy) is 1. The van der Waals surface area contributed by atoms with Crippen LogP contribution in [0.25, 0.3) is 0 Å². The lowest BCUT2D eigenvalue weighted by molar-refractivity contribution is -0.155. The van der Waals surface area contributed by atoms with Crippen molar-refractivity contribution >= 4 is 17.5 Å². The van der Waals surface area contributed by atoms with Crippen molar-refractivity contribution in [2.24, 2.45) is 5.73 Å². The van der Waals surface area contributed by atoms with Crippen LogP contribution in [0.15, 0.2) is 24.3 Å². The van der Waals surface area contributed by atoms with Gasteiger partial charge in [-0.3, -0.25) is 9.59 Å². The Labute approximate surface area is 125 Å². The topological polar surface area (TPSA) is 98.6 Å². The fourth-order valence-corrected chi connectivity index (χ4v) is 2.02. The summed E-state index contributed by atoms with van der Waals surface area (Å²) in [5.74, 6) is -0.837. The number of hydrogen-bond donors (Lipinski definition) is 2. The van der Waals surface area contributed by atoms with Crippen LogP contribution in [-0.4, -0.2) is 36.0 Å². The number of amides is 2. The smallest absolute Gasteiger partial charge is 0.255 e. The van der Waals surface area contributed by atoms with Gasteiger partial charge in [0.25, 0.3) is 5.91 Å². The first-order valence-corrected chi connectivity index (χ1v) is 6.79. The summed E-state index contributed by atoms with van der Waals surface area (Å²) in [4.78, 5) is 25.2. The lowest BCUT2D eigenvalue weighted by Gasteiger charge is -2.32. The van der Waals surface area contributed by atoms with Gasteiger partial charge < -0.3 is 21.1 Å². The molecule has 2 amide bonds. The minimum absolute atomic E-state index is 0.160. The summed E-state index contributed by atoms with van der Waals surface area (Å²) >= 11 is 0. The fraction of sp³-hybridized carbons (Fsp3) is 0.467. The quantitative estimate of drug-likeness (QED) is 0.730.